The third-order valence-electron chi connectivity index (χ3n) is 5.63. The minimum atomic E-state index is 0.181. The van der Waals surface area contributed by atoms with Crippen LogP contribution in [0.1, 0.15) is 5.56 Å². The van der Waals surface area contributed by atoms with Gasteiger partial charge in [-0.1, -0.05) is 30.3 Å². The summed E-state index contributed by atoms with van der Waals surface area (Å²) in [5.41, 5.74) is 3.16. The molecule has 33 heavy (non-hydrogen) atoms. The van der Waals surface area contributed by atoms with Crippen LogP contribution in [0.4, 0.5) is 11.5 Å². The summed E-state index contributed by atoms with van der Waals surface area (Å²) in [6.07, 6.45) is 2.02. The Labute approximate surface area is 199 Å². The van der Waals surface area contributed by atoms with Gasteiger partial charge in [0.05, 0.1) is 19.8 Å². The lowest BCUT2D eigenvalue weighted by molar-refractivity contribution is 0.122. The number of likely N-dealkylation sites (N-methyl/N-ethyl adjacent to an activating group) is 1. The summed E-state index contributed by atoms with van der Waals surface area (Å²) in [6, 6.07) is 15.3. The Hall–Kier alpha value is -2.97. The number of aromatic hydroxyl groups is 1. The molecule has 0 radical (unpaired) electrons. The molecule has 4 rings (SSSR count). The van der Waals surface area contributed by atoms with E-state index in [-0.39, 0.29) is 5.75 Å². The number of benzene rings is 2. The normalized spacial score (nSPS) is 13.7. The maximum Gasteiger partial charge on any atom is 0.233 e. The van der Waals surface area contributed by atoms with Crippen LogP contribution < -0.4 is 14.5 Å². The monoisotopic (exact) mass is 466 g/mol. The molecule has 0 atom stereocenters. The Kier molecular flexibility index (Phi) is 7.57. The summed E-state index contributed by atoms with van der Waals surface area (Å²) in [5.74, 6) is 2.13. The summed E-state index contributed by atoms with van der Waals surface area (Å²) in [5, 5.41) is 9.97. The standard InChI is InChI=1S/C25H30N4O3S/c1-18-7-4-5-10-21(18)28(2)11-16-32-25-22(33-3)24(29-12-14-31-15-13-29)26-23(27-25)19-8-6-9-20(30)17-19/h4-10,17,30H,11-16H2,1-3H3. The Morgan fingerprint density at radius 3 is 2.64 bits per heavy atom. The molecular formula is C25H30N4O3S. The zero-order valence-electron chi connectivity index (χ0n) is 19.3. The van der Waals surface area contributed by atoms with Gasteiger partial charge in [-0.05, 0) is 36.9 Å². The Morgan fingerprint density at radius 1 is 1.12 bits per heavy atom. The average Bonchev–Trinajstić information content (AvgIpc) is 2.84. The van der Waals surface area contributed by atoms with Crippen LogP contribution >= 0.6 is 11.8 Å². The van der Waals surface area contributed by atoms with Crippen LogP contribution in [0.2, 0.25) is 0 Å². The number of ether oxygens (including phenoxy) is 2. The molecule has 3 aromatic rings. The lowest BCUT2D eigenvalue weighted by atomic mass is 10.2. The van der Waals surface area contributed by atoms with Crippen molar-refractivity contribution in [1.29, 1.82) is 0 Å². The predicted molar refractivity (Wildman–Crippen MR) is 134 cm³/mol. The van der Waals surface area contributed by atoms with E-state index >= 15 is 0 Å². The number of thioether (sulfide) groups is 1. The largest absolute Gasteiger partial charge is 0.508 e. The van der Waals surface area contributed by atoms with Crippen molar-refractivity contribution in [2.75, 3.05) is 62.6 Å². The maximum absolute atomic E-state index is 9.97. The van der Waals surface area contributed by atoms with Gasteiger partial charge in [-0.2, -0.15) is 4.98 Å². The topological polar surface area (TPSA) is 71.0 Å². The number of phenols is 1. The predicted octanol–water partition coefficient (Wildman–Crippen LogP) is 4.23. The van der Waals surface area contributed by atoms with Crippen LogP contribution in [0.3, 0.4) is 0 Å². The molecule has 174 valence electrons. The van der Waals surface area contributed by atoms with Gasteiger partial charge < -0.3 is 24.4 Å². The molecule has 0 spiro atoms. The number of phenolic OH excluding ortho intramolecular Hbond substituents is 1. The highest BCUT2D eigenvalue weighted by molar-refractivity contribution is 7.98. The van der Waals surface area contributed by atoms with Gasteiger partial charge in [0.1, 0.15) is 17.3 Å². The van der Waals surface area contributed by atoms with Crippen LogP contribution in [0.5, 0.6) is 11.6 Å². The minimum Gasteiger partial charge on any atom is -0.508 e. The average molecular weight is 467 g/mol. The molecule has 2 heterocycles. The second kappa shape index (κ2) is 10.8. The van der Waals surface area contributed by atoms with Crippen LogP contribution in [0.25, 0.3) is 11.4 Å². The molecule has 7 nitrogen and oxygen atoms in total. The van der Waals surface area contributed by atoms with Crippen molar-refractivity contribution in [1.82, 2.24) is 9.97 Å². The van der Waals surface area contributed by atoms with E-state index in [1.807, 2.05) is 24.5 Å². The van der Waals surface area contributed by atoms with Crippen LogP contribution in [0, 0.1) is 6.92 Å². The van der Waals surface area contributed by atoms with Gasteiger partial charge in [0, 0.05) is 31.4 Å². The number of rotatable bonds is 8. The first-order valence-corrected chi connectivity index (χ1v) is 12.3. The molecule has 1 fully saturated rings. The Bertz CT molecular complexity index is 1090. The number of anilines is 2. The fourth-order valence-corrected chi connectivity index (χ4v) is 4.49. The minimum absolute atomic E-state index is 0.181. The van der Waals surface area contributed by atoms with E-state index in [1.54, 1.807) is 30.0 Å². The fraction of sp³-hybridized carbons (Fsp3) is 0.360. The molecular weight excluding hydrogens is 436 g/mol. The summed E-state index contributed by atoms with van der Waals surface area (Å²) in [4.78, 5) is 15.0. The molecule has 1 aliphatic rings. The van der Waals surface area contributed by atoms with Gasteiger partial charge in [0.15, 0.2) is 11.6 Å². The van der Waals surface area contributed by atoms with Gasteiger partial charge in [-0.15, -0.1) is 11.8 Å². The van der Waals surface area contributed by atoms with Crippen molar-refractivity contribution in [3.8, 4) is 23.0 Å². The second-order valence-electron chi connectivity index (χ2n) is 7.92. The first kappa shape index (κ1) is 23.2. The number of morpholine rings is 1. The third kappa shape index (κ3) is 5.51. The van der Waals surface area contributed by atoms with Crippen molar-refractivity contribution in [3.05, 3.63) is 54.1 Å². The highest BCUT2D eigenvalue weighted by Gasteiger charge is 2.23. The molecule has 1 aromatic heterocycles. The van der Waals surface area contributed by atoms with E-state index in [1.165, 1.54) is 11.3 Å². The number of hydrogen-bond donors (Lipinski definition) is 1. The van der Waals surface area contributed by atoms with E-state index < -0.39 is 0 Å². The van der Waals surface area contributed by atoms with Gasteiger partial charge in [0.2, 0.25) is 5.88 Å². The molecule has 0 saturated carbocycles. The molecule has 8 heteroatoms. The number of para-hydroxylation sites is 1. The van der Waals surface area contributed by atoms with E-state index in [2.05, 4.69) is 35.9 Å². The summed E-state index contributed by atoms with van der Waals surface area (Å²) in [7, 11) is 2.07. The second-order valence-corrected chi connectivity index (χ2v) is 8.73. The number of hydrogen-bond acceptors (Lipinski definition) is 8. The summed E-state index contributed by atoms with van der Waals surface area (Å²) < 4.78 is 11.8. The van der Waals surface area contributed by atoms with Crippen molar-refractivity contribution in [3.63, 3.8) is 0 Å². The molecule has 0 bridgehead atoms. The van der Waals surface area contributed by atoms with Gasteiger partial charge in [-0.25, -0.2) is 4.98 Å². The first-order valence-electron chi connectivity index (χ1n) is 11.0. The highest BCUT2D eigenvalue weighted by atomic mass is 32.2. The first-order chi connectivity index (χ1) is 16.1. The van der Waals surface area contributed by atoms with Crippen molar-refractivity contribution in [2.24, 2.45) is 0 Å². The van der Waals surface area contributed by atoms with E-state index in [9.17, 15) is 5.11 Å². The lowest BCUT2D eigenvalue weighted by Gasteiger charge is -2.30. The summed E-state index contributed by atoms with van der Waals surface area (Å²) >= 11 is 1.58. The third-order valence-corrected chi connectivity index (χ3v) is 6.39. The summed E-state index contributed by atoms with van der Waals surface area (Å²) in [6.45, 7) is 6.17. The molecule has 0 unspecified atom stereocenters. The molecule has 0 aliphatic carbocycles. The number of aryl methyl sites for hydroxylation is 1. The van der Waals surface area contributed by atoms with Crippen LogP contribution in [0.15, 0.2) is 53.4 Å². The van der Waals surface area contributed by atoms with Crippen molar-refractivity contribution >= 4 is 23.3 Å². The van der Waals surface area contributed by atoms with E-state index in [0.717, 1.165) is 35.9 Å². The maximum atomic E-state index is 9.97. The zero-order chi connectivity index (χ0) is 23.2. The molecule has 1 N–H and O–H groups in total. The highest BCUT2D eigenvalue weighted by Crippen LogP contribution is 2.37. The Morgan fingerprint density at radius 2 is 1.91 bits per heavy atom. The SMILES string of the molecule is CSc1c(OCCN(C)c2ccccc2C)nc(-c2cccc(O)c2)nc1N1CCOCC1. The Balaban J connectivity index is 1.62. The van der Waals surface area contributed by atoms with Gasteiger partial charge in [-0.3, -0.25) is 0 Å². The molecule has 2 aromatic carbocycles. The lowest BCUT2D eigenvalue weighted by Crippen LogP contribution is -2.37. The quantitative estimate of drug-likeness (QED) is 0.495. The van der Waals surface area contributed by atoms with Crippen molar-refractivity contribution < 1.29 is 14.6 Å². The van der Waals surface area contributed by atoms with E-state index in [0.29, 0.717) is 31.5 Å². The number of nitrogens with zero attached hydrogens (tertiary/aromatic N) is 4. The van der Waals surface area contributed by atoms with E-state index in [4.69, 9.17) is 19.4 Å². The fourth-order valence-electron chi connectivity index (χ4n) is 3.85. The van der Waals surface area contributed by atoms with Gasteiger partial charge >= 0.3 is 0 Å². The molecule has 0 amide bonds. The molecule has 1 saturated heterocycles. The smallest absolute Gasteiger partial charge is 0.233 e. The van der Waals surface area contributed by atoms with Gasteiger partial charge in [0.25, 0.3) is 0 Å². The number of aromatic nitrogens is 2. The van der Waals surface area contributed by atoms with Crippen LogP contribution in [-0.4, -0.2) is 67.8 Å². The molecule has 1 aliphatic heterocycles. The van der Waals surface area contributed by atoms with Crippen LogP contribution in [-0.2, 0) is 4.74 Å². The zero-order valence-corrected chi connectivity index (χ0v) is 20.1. The van der Waals surface area contributed by atoms with Crippen molar-refractivity contribution in [2.45, 2.75) is 11.8 Å².